The van der Waals surface area contributed by atoms with Gasteiger partial charge in [-0.05, 0) is 33.7 Å². The Kier molecular flexibility index (Phi) is 3.28. The van der Waals surface area contributed by atoms with Crippen LogP contribution in [0.2, 0.25) is 0 Å². The Morgan fingerprint density at radius 2 is 2.00 bits per heavy atom. The minimum atomic E-state index is -1.16. The molecule has 1 rings (SSSR count). The molecule has 0 bridgehead atoms. The highest BCUT2D eigenvalue weighted by Crippen LogP contribution is 2.29. The van der Waals surface area contributed by atoms with Crippen molar-refractivity contribution in [2.24, 2.45) is 5.41 Å². The van der Waals surface area contributed by atoms with Gasteiger partial charge in [0.25, 0.3) is 0 Å². The average Bonchev–Trinajstić information content (AvgIpc) is 2.63. The molecule has 5 nitrogen and oxygen atoms in total. The van der Waals surface area contributed by atoms with Crippen molar-refractivity contribution in [2.45, 2.75) is 32.7 Å². The minimum absolute atomic E-state index is 0.107. The number of carbonyl (C=O) groups excluding carboxylic acids is 1. The van der Waals surface area contributed by atoms with Gasteiger partial charge in [0, 0.05) is 13.6 Å². The second kappa shape index (κ2) is 4.05. The van der Waals surface area contributed by atoms with Crippen molar-refractivity contribution in [3.05, 3.63) is 0 Å². The van der Waals surface area contributed by atoms with E-state index in [0.29, 0.717) is 6.54 Å². The summed E-state index contributed by atoms with van der Waals surface area (Å²) in [5.74, 6) is -1.09. The van der Waals surface area contributed by atoms with Crippen LogP contribution < -0.4 is 5.32 Å². The second-order valence-electron chi connectivity index (χ2n) is 5.22. The molecule has 1 atom stereocenters. The Morgan fingerprint density at radius 1 is 1.44 bits per heavy atom. The fraction of sp³-hybridized carbons (Fsp3) is 0.818. The van der Waals surface area contributed by atoms with Gasteiger partial charge >= 0.3 is 5.97 Å². The summed E-state index contributed by atoms with van der Waals surface area (Å²) in [6.45, 7) is 6.39. The number of carbonyl (C=O) groups is 2. The number of hydrogen-bond acceptors (Lipinski definition) is 3. The van der Waals surface area contributed by atoms with Crippen LogP contribution in [0.25, 0.3) is 0 Å². The van der Waals surface area contributed by atoms with Gasteiger partial charge < -0.3 is 15.3 Å². The van der Waals surface area contributed by atoms with Crippen molar-refractivity contribution in [3.63, 3.8) is 0 Å². The zero-order valence-electron chi connectivity index (χ0n) is 10.3. The number of carboxylic acid groups (broad SMARTS) is 1. The Bertz CT molecular complexity index is 306. The van der Waals surface area contributed by atoms with E-state index in [1.807, 2.05) is 6.92 Å². The van der Waals surface area contributed by atoms with Crippen LogP contribution in [0.3, 0.4) is 0 Å². The Morgan fingerprint density at radius 3 is 2.38 bits per heavy atom. The van der Waals surface area contributed by atoms with Gasteiger partial charge in [-0.2, -0.15) is 0 Å². The number of aliphatic carboxylic acids is 1. The third-order valence-electron chi connectivity index (χ3n) is 3.55. The predicted molar refractivity (Wildman–Crippen MR) is 60.1 cm³/mol. The molecule has 0 aromatic carbocycles. The van der Waals surface area contributed by atoms with E-state index < -0.39 is 16.9 Å². The maximum atomic E-state index is 12.2. The molecule has 0 aromatic rings. The average molecular weight is 228 g/mol. The largest absolute Gasteiger partial charge is 0.480 e. The van der Waals surface area contributed by atoms with E-state index in [0.717, 1.165) is 13.0 Å². The number of likely N-dealkylation sites (N-methyl/N-ethyl adjacent to an activating group) is 1. The van der Waals surface area contributed by atoms with E-state index in [1.165, 1.54) is 4.90 Å². The highest BCUT2D eigenvalue weighted by Gasteiger charge is 2.44. The molecule has 5 heteroatoms. The maximum absolute atomic E-state index is 12.2. The van der Waals surface area contributed by atoms with Crippen molar-refractivity contribution < 1.29 is 14.7 Å². The molecule has 1 aliphatic rings. The monoisotopic (exact) mass is 228 g/mol. The normalized spacial score (nSPS) is 25.5. The quantitative estimate of drug-likeness (QED) is 0.729. The fourth-order valence-electron chi connectivity index (χ4n) is 1.80. The number of nitrogens with zero attached hydrogens (tertiary/aromatic N) is 1. The number of hydrogen-bond donors (Lipinski definition) is 2. The van der Waals surface area contributed by atoms with Crippen LogP contribution in [0.5, 0.6) is 0 Å². The first kappa shape index (κ1) is 13.0. The van der Waals surface area contributed by atoms with Gasteiger partial charge in [-0.25, -0.2) is 4.79 Å². The van der Waals surface area contributed by atoms with E-state index in [-0.39, 0.29) is 5.91 Å². The fourth-order valence-corrected chi connectivity index (χ4v) is 1.80. The standard InChI is InChI=1S/C11H20N2O3/c1-10(2,9(15)16)13(4)8(14)11(3)5-6-12-7-11/h12H,5-7H2,1-4H3,(H,15,16). The van der Waals surface area contributed by atoms with E-state index in [2.05, 4.69) is 5.32 Å². The number of amides is 1. The van der Waals surface area contributed by atoms with Crippen molar-refractivity contribution in [2.75, 3.05) is 20.1 Å². The van der Waals surface area contributed by atoms with Gasteiger partial charge in [-0.1, -0.05) is 0 Å². The molecular weight excluding hydrogens is 208 g/mol. The molecule has 16 heavy (non-hydrogen) atoms. The second-order valence-corrected chi connectivity index (χ2v) is 5.22. The molecule has 1 aliphatic heterocycles. The molecule has 0 radical (unpaired) electrons. The molecule has 1 saturated heterocycles. The van der Waals surface area contributed by atoms with Crippen molar-refractivity contribution in [1.82, 2.24) is 10.2 Å². The van der Waals surface area contributed by atoms with E-state index in [9.17, 15) is 9.59 Å². The first-order valence-electron chi connectivity index (χ1n) is 5.44. The van der Waals surface area contributed by atoms with Gasteiger partial charge in [-0.3, -0.25) is 4.79 Å². The Hall–Kier alpha value is -1.10. The maximum Gasteiger partial charge on any atom is 0.329 e. The highest BCUT2D eigenvalue weighted by atomic mass is 16.4. The summed E-state index contributed by atoms with van der Waals surface area (Å²) in [6.07, 6.45) is 0.756. The van der Waals surface area contributed by atoms with Crippen LogP contribution in [-0.4, -0.2) is 47.6 Å². The molecule has 0 aliphatic carbocycles. The van der Waals surface area contributed by atoms with Crippen LogP contribution in [0.4, 0.5) is 0 Å². The molecule has 0 saturated carbocycles. The smallest absolute Gasteiger partial charge is 0.329 e. The number of carboxylic acids is 1. The lowest BCUT2D eigenvalue weighted by Crippen LogP contribution is -2.55. The van der Waals surface area contributed by atoms with Crippen molar-refractivity contribution >= 4 is 11.9 Å². The molecule has 1 fully saturated rings. The van der Waals surface area contributed by atoms with E-state index >= 15 is 0 Å². The van der Waals surface area contributed by atoms with E-state index in [4.69, 9.17) is 5.11 Å². The number of rotatable bonds is 3. The molecule has 1 amide bonds. The summed E-state index contributed by atoms with van der Waals surface area (Å²) in [7, 11) is 1.56. The van der Waals surface area contributed by atoms with E-state index in [1.54, 1.807) is 20.9 Å². The van der Waals surface area contributed by atoms with Gasteiger partial charge in [0.05, 0.1) is 5.41 Å². The van der Waals surface area contributed by atoms with Crippen LogP contribution in [0.15, 0.2) is 0 Å². The summed E-state index contributed by atoms with van der Waals surface area (Å²) in [6, 6.07) is 0. The van der Waals surface area contributed by atoms with Gasteiger partial charge in [0.2, 0.25) is 5.91 Å². The Balaban J connectivity index is 2.85. The molecule has 2 N–H and O–H groups in total. The SMILES string of the molecule is CN(C(=O)C1(C)CCNC1)C(C)(C)C(=O)O. The van der Waals surface area contributed by atoms with Crippen molar-refractivity contribution in [3.8, 4) is 0 Å². The first-order valence-corrected chi connectivity index (χ1v) is 5.44. The number of nitrogens with one attached hydrogen (secondary N) is 1. The van der Waals surface area contributed by atoms with Crippen LogP contribution in [0, 0.1) is 5.41 Å². The summed E-state index contributed by atoms with van der Waals surface area (Å²) >= 11 is 0. The lowest BCUT2D eigenvalue weighted by atomic mass is 9.86. The van der Waals surface area contributed by atoms with Gasteiger partial charge in [0.15, 0.2) is 0 Å². The topological polar surface area (TPSA) is 69.6 Å². The minimum Gasteiger partial charge on any atom is -0.480 e. The van der Waals surface area contributed by atoms with Gasteiger partial charge in [0.1, 0.15) is 5.54 Å². The zero-order chi connectivity index (χ0) is 12.6. The first-order chi connectivity index (χ1) is 7.22. The summed E-state index contributed by atoms with van der Waals surface area (Å²) in [4.78, 5) is 24.7. The lowest BCUT2D eigenvalue weighted by Gasteiger charge is -2.37. The van der Waals surface area contributed by atoms with Gasteiger partial charge in [-0.15, -0.1) is 0 Å². The summed E-state index contributed by atoms with van der Waals surface area (Å²) in [5, 5.41) is 12.2. The van der Waals surface area contributed by atoms with Crippen LogP contribution >= 0.6 is 0 Å². The van der Waals surface area contributed by atoms with Crippen LogP contribution in [0.1, 0.15) is 27.2 Å². The third kappa shape index (κ3) is 2.04. The molecule has 0 spiro atoms. The lowest BCUT2D eigenvalue weighted by molar-refractivity contribution is -0.159. The van der Waals surface area contributed by atoms with Crippen LogP contribution in [-0.2, 0) is 9.59 Å². The molecular formula is C11H20N2O3. The third-order valence-corrected chi connectivity index (χ3v) is 3.55. The molecule has 1 heterocycles. The van der Waals surface area contributed by atoms with Crippen molar-refractivity contribution in [1.29, 1.82) is 0 Å². The molecule has 92 valence electrons. The Labute approximate surface area is 95.8 Å². The zero-order valence-corrected chi connectivity index (χ0v) is 10.3. The predicted octanol–water partition coefficient (Wildman–Crippen LogP) is 0.308. The molecule has 1 unspecified atom stereocenters. The highest BCUT2D eigenvalue weighted by molar-refractivity contribution is 5.89. The summed E-state index contributed by atoms with van der Waals surface area (Å²) in [5.41, 5.74) is -1.63. The summed E-state index contributed by atoms with van der Waals surface area (Å²) < 4.78 is 0. The molecule has 0 aromatic heterocycles.